The first-order valence-corrected chi connectivity index (χ1v) is 2.55. The standard InChI is InChI=1S/C6H3N2O/c1-2-5-4-8-9-6(5)7-3-1/h1-3H. The largest absolute Gasteiger partial charge is 0.335 e. The van der Waals surface area contributed by atoms with Gasteiger partial charge in [0.25, 0.3) is 5.71 Å². The van der Waals surface area contributed by atoms with Crippen molar-refractivity contribution in [3.63, 3.8) is 0 Å². The summed E-state index contributed by atoms with van der Waals surface area (Å²) in [6, 6.07) is 3.66. The van der Waals surface area contributed by atoms with E-state index in [1.807, 2.05) is 12.1 Å². The highest BCUT2D eigenvalue weighted by molar-refractivity contribution is 5.69. The third-order valence-corrected chi connectivity index (χ3v) is 1.07. The Balaban J connectivity index is 2.95. The number of hydrogen-bond acceptors (Lipinski definition) is 3. The number of fused-ring (bicyclic) bond motifs is 1. The first kappa shape index (κ1) is 4.49. The quantitative estimate of drug-likeness (QED) is 0.519. The van der Waals surface area contributed by atoms with Gasteiger partial charge in [-0.15, -0.1) is 0 Å². The predicted octanol–water partition coefficient (Wildman–Crippen LogP) is 1.02. The van der Waals surface area contributed by atoms with Crippen LogP contribution in [0.5, 0.6) is 0 Å². The fraction of sp³-hybridized carbons (Fsp3) is 0. The Morgan fingerprint density at radius 3 is 3.44 bits per heavy atom. The predicted molar refractivity (Wildman–Crippen MR) is 30.6 cm³/mol. The van der Waals surface area contributed by atoms with E-state index in [4.69, 9.17) is 4.52 Å². The Bertz CT molecular complexity index is 285. The summed E-state index contributed by atoms with van der Waals surface area (Å²) in [5.74, 6) is 0. The molecule has 43 valence electrons. The van der Waals surface area contributed by atoms with Gasteiger partial charge in [-0.25, -0.2) is 4.98 Å². The van der Waals surface area contributed by atoms with Crippen molar-refractivity contribution >= 4 is 11.1 Å². The molecular weight excluding hydrogens is 116 g/mol. The second-order valence-electron chi connectivity index (χ2n) is 1.65. The number of aromatic nitrogens is 2. The van der Waals surface area contributed by atoms with Crippen molar-refractivity contribution in [1.82, 2.24) is 10.1 Å². The molecule has 3 nitrogen and oxygen atoms in total. The zero-order valence-electron chi connectivity index (χ0n) is 4.53. The highest BCUT2D eigenvalue weighted by Crippen LogP contribution is 2.05. The number of hydrogen-bond donors (Lipinski definition) is 0. The summed E-state index contributed by atoms with van der Waals surface area (Å²) in [5.41, 5.74) is 0.539. The average molecular weight is 119 g/mol. The molecule has 1 radical (unpaired) electrons. The Hall–Kier alpha value is -1.38. The lowest BCUT2D eigenvalue weighted by Gasteiger charge is -1.77. The molecule has 2 aromatic heterocycles. The maximum absolute atomic E-state index is 4.70. The lowest BCUT2D eigenvalue weighted by atomic mass is 10.4. The zero-order valence-corrected chi connectivity index (χ0v) is 4.53. The molecule has 2 rings (SSSR count). The summed E-state index contributed by atoms with van der Waals surface area (Å²) < 4.78 is 4.70. The van der Waals surface area contributed by atoms with Crippen LogP contribution in [0.15, 0.2) is 22.9 Å². The van der Waals surface area contributed by atoms with Crippen molar-refractivity contribution < 1.29 is 4.52 Å². The molecule has 0 saturated heterocycles. The molecule has 2 aromatic rings. The van der Waals surface area contributed by atoms with Crippen LogP contribution in [0, 0.1) is 6.20 Å². The van der Waals surface area contributed by atoms with Crippen LogP contribution in [0.25, 0.3) is 11.1 Å². The molecule has 0 aliphatic carbocycles. The molecule has 0 unspecified atom stereocenters. The number of nitrogens with zero attached hydrogens (tertiary/aromatic N) is 2. The Morgan fingerprint density at radius 1 is 1.56 bits per heavy atom. The molecule has 0 aliphatic rings. The van der Waals surface area contributed by atoms with Crippen LogP contribution in [0.1, 0.15) is 0 Å². The maximum atomic E-state index is 4.70. The highest BCUT2D eigenvalue weighted by atomic mass is 16.5. The lowest BCUT2D eigenvalue weighted by Crippen LogP contribution is -1.66. The summed E-state index contributed by atoms with van der Waals surface area (Å²) in [4.78, 5) is 3.88. The first-order valence-electron chi connectivity index (χ1n) is 2.55. The molecule has 2 heterocycles. The van der Waals surface area contributed by atoms with Crippen molar-refractivity contribution in [2.45, 2.75) is 0 Å². The van der Waals surface area contributed by atoms with Gasteiger partial charge in [0.1, 0.15) is 6.20 Å². The van der Waals surface area contributed by atoms with Crippen LogP contribution in [-0.4, -0.2) is 10.1 Å². The fourth-order valence-electron chi connectivity index (χ4n) is 0.664. The Morgan fingerprint density at radius 2 is 2.56 bits per heavy atom. The van der Waals surface area contributed by atoms with Crippen molar-refractivity contribution in [1.29, 1.82) is 0 Å². The topological polar surface area (TPSA) is 38.9 Å². The van der Waals surface area contributed by atoms with E-state index in [0.29, 0.717) is 5.71 Å². The Kier molecular flexibility index (Phi) is 0.773. The van der Waals surface area contributed by atoms with Crippen LogP contribution in [0.4, 0.5) is 0 Å². The van der Waals surface area contributed by atoms with Crippen molar-refractivity contribution in [3.8, 4) is 0 Å². The third-order valence-electron chi connectivity index (χ3n) is 1.07. The highest BCUT2D eigenvalue weighted by Gasteiger charge is 1.94. The van der Waals surface area contributed by atoms with Gasteiger partial charge >= 0.3 is 0 Å². The Labute approximate surface area is 51.3 Å². The van der Waals surface area contributed by atoms with E-state index in [-0.39, 0.29) is 0 Å². The van der Waals surface area contributed by atoms with E-state index in [1.165, 1.54) is 0 Å². The lowest BCUT2D eigenvalue weighted by molar-refractivity contribution is 0.447. The number of pyridine rings is 1. The monoisotopic (exact) mass is 119 g/mol. The van der Waals surface area contributed by atoms with Gasteiger partial charge in [-0.2, -0.15) is 0 Å². The van der Waals surface area contributed by atoms with Crippen LogP contribution < -0.4 is 0 Å². The summed E-state index contributed by atoms with van der Waals surface area (Å²) >= 11 is 0. The van der Waals surface area contributed by atoms with E-state index in [9.17, 15) is 0 Å². The van der Waals surface area contributed by atoms with Gasteiger partial charge < -0.3 is 4.52 Å². The van der Waals surface area contributed by atoms with E-state index in [1.54, 1.807) is 6.20 Å². The van der Waals surface area contributed by atoms with Crippen LogP contribution >= 0.6 is 0 Å². The summed E-state index contributed by atoms with van der Waals surface area (Å²) in [5, 5.41) is 4.26. The van der Waals surface area contributed by atoms with Crippen molar-refractivity contribution in [2.24, 2.45) is 0 Å². The SMILES string of the molecule is [c]1noc2ncccc12. The van der Waals surface area contributed by atoms with Crippen LogP contribution in [0.3, 0.4) is 0 Å². The van der Waals surface area contributed by atoms with E-state index < -0.39 is 0 Å². The summed E-state index contributed by atoms with van der Waals surface area (Å²) in [6.07, 6.45) is 4.29. The molecule has 0 atom stereocenters. The van der Waals surface area contributed by atoms with Gasteiger partial charge in [0.15, 0.2) is 0 Å². The van der Waals surface area contributed by atoms with E-state index >= 15 is 0 Å². The first-order chi connectivity index (χ1) is 4.47. The zero-order chi connectivity index (χ0) is 6.10. The minimum absolute atomic E-state index is 0.539. The average Bonchev–Trinajstić information content (AvgIpc) is 2.33. The molecule has 0 N–H and O–H groups in total. The smallest absolute Gasteiger partial charge is 0.258 e. The molecule has 0 aliphatic heterocycles. The minimum atomic E-state index is 0.539. The normalized spacial score (nSPS) is 10.2. The van der Waals surface area contributed by atoms with Crippen LogP contribution in [0.2, 0.25) is 0 Å². The van der Waals surface area contributed by atoms with Crippen molar-refractivity contribution in [2.75, 3.05) is 0 Å². The van der Waals surface area contributed by atoms with Gasteiger partial charge in [-0.05, 0) is 12.1 Å². The van der Waals surface area contributed by atoms with Gasteiger partial charge in [-0.1, -0.05) is 5.16 Å². The molecular formula is C6H3N2O. The van der Waals surface area contributed by atoms with E-state index in [2.05, 4.69) is 16.3 Å². The van der Waals surface area contributed by atoms with Gasteiger partial charge in [0.2, 0.25) is 0 Å². The third kappa shape index (κ3) is 0.579. The maximum Gasteiger partial charge on any atom is 0.258 e. The van der Waals surface area contributed by atoms with Gasteiger partial charge in [-0.3, -0.25) is 0 Å². The number of rotatable bonds is 0. The molecule has 0 aromatic carbocycles. The van der Waals surface area contributed by atoms with Gasteiger partial charge in [0.05, 0.1) is 5.39 Å². The second-order valence-corrected chi connectivity index (χ2v) is 1.65. The fourth-order valence-corrected chi connectivity index (χ4v) is 0.664. The molecule has 3 heteroatoms. The molecule has 0 spiro atoms. The molecule has 0 saturated carbocycles. The minimum Gasteiger partial charge on any atom is -0.335 e. The van der Waals surface area contributed by atoms with Gasteiger partial charge in [0, 0.05) is 6.20 Å². The molecule has 0 fully saturated rings. The molecule has 0 amide bonds. The second kappa shape index (κ2) is 1.55. The molecule has 0 bridgehead atoms. The van der Waals surface area contributed by atoms with E-state index in [0.717, 1.165) is 5.39 Å². The summed E-state index contributed by atoms with van der Waals surface area (Å²) in [7, 11) is 0. The van der Waals surface area contributed by atoms with Crippen molar-refractivity contribution in [3.05, 3.63) is 24.5 Å². The van der Waals surface area contributed by atoms with Crippen LogP contribution in [-0.2, 0) is 0 Å². The summed E-state index contributed by atoms with van der Waals surface area (Å²) in [6.45, 7) is 0. The molecule has 9 heavy (non-hydrogen) atoms.